The molecule has 1 aromatic rings. The van der Waals surface area contributed by atoms with Gasteiger partial charge in [0.25, 0.3) is 5.92 Å². The van der Waals surface area contributed by atoms with Crippen molar-refractivity contribution in [3.05, 3.63) is 35.4 Å². The van der Waals surface area contributed by atoms with E-state index in [1.807, 2.05) is 31.2 Å². The lowest BCUT2D eigenvalue weighted by Crippen LogP contribution is -2.43. The minimum absolute atomic E-state index is 0.0592. The van der Waals surface area contributed by atoms with Crippen molar-refractivity contribution in [3.8, 4) is 0 Å². The molecule has 2 nitrogen and oxygen atoms in total. The van der Waals surface area contributed by atoms with Gasteiger partial charge in [0.15, 0.2) is 0 Å². The monoisotopic (exact) mass is 253 g/mol. The van der Waals surface area contributed by atoms with E-state index in [1.54, 1.807) is 4.90 Å². The Balaban J connectivity index is 1.93. The van der Waals surface area contributed by atoms with Crippen LogP contribution in [0, 0.1) is 6.92 Å². The van der Waals surface area contributed by atoms with E-state index in [0.29, 0.717) is 6.42 Å². The van der Waals surface area contributed by atoms with Crippen LogP contribution in [-0.4, -0.2) is 29.8 Å². The van der Waals surface area contributed by atoms with Crippen LogP contribution in [0.15, 0.2) is 24.3 Å². The molecule has 0 N–H and O–H groups in total. The minimum Gasteiger partial charge on any atom is -0.342 e. The Morgan fingerprint density at radius 1 is 1.33 bits per heavy atom. The predicted octanol–water partition coefficient (Wildman–Crippen LogP) is 2.80. The molecule has 2 rings (SSSR count). The van der Waals surface area contributed by atoms with Crippen molar-refractivity contribution in [2.45, 2.75) is 32.1 Å². The number of nitrogens with zero attached hydrogens (tertiary/aromatic N) is 1. The zero-order valence-corrected chi connectivity index (χ0v) is 10.5. The van der Waals surface area contributed by atoms with E-state index < -0.39 is 5.92 Å². The second-order valence-electron chi connectivity index (χ2n) is 4.90. The van der Waals surface area contributed by atoms with Gasteiger partial charge in [-0.25, -0.2) is 8.78 Å². The molecule has 1 aliphatic rings. The minimum atomic E-state index is -2.60. The predicted molar refractivity (Wildman–Crippen MR) is 65.6 cm³/mol. The zero-order valence-electron chi connectivity index (χ0n) is 10.5. The summed E-state index contributed by atoms with van der Waals surface area (Å²) in [7, 11) is 0. The lowest BCUT2D eigenvalue weighted by atomic mass is 10.0. The second-order valence-corrected chi connectivity index (χ2v) is 4.90. The summed E-state index contributed by atoms with van der Waals surface area (Å²) in [5.74, 6) is -2.66. The first-order valence-electron chi connectivity index (χ1n) is 6.17. The largest absolute Gasteiger partial charge is 0.342 e. The topological polar surface area (TPSA) is 20.3 Å². The molecule has 18 heavy (non-hydrogen) atoms. The Morgan fingerprint density at radius 3 is 2.61 bits per heavy atom. The molecular weight excluding hydrogens is 236 g/mol. The molecule has 1 aromatic carbocycles. The fourth-order valence-corrected chi connectivity index (χ4v) is 2.19. The molecule has 0 saturated carbocycles. The van der Waals surface area contributed by atoms with Gasteiger partial charge in [0.1, 0.15) is 0 Å². The number of aryl methyl sites for hydroxylation is 1. The molecule has 0 aliphatic carbocycles. The molecule has 1 aliphatic heterocycles. The number of carbonyl (C=O) groups is 1. The third-order valence-corrected chi connectivity index (χ3v) is 3.29. The molecule has 0 spiro atoms. The van der Waals surface area contributed by atoms with Crippen LogP contribution in [-0.2, 0) is 11.2 Å². The molecule has 0 bridgehead atoms. The van der Waals surface area contributed by atoms with E-state index in [2.05, 4.69) is 0 Å². The number of piperidine rings is 1. The number of hydrogen-bond acceptors (Lipinski definition) is 1. The molecule has 0 radical (unpaired) electrons. The van der Waals surface area contributed by atoms with E-state index in [4.69, 9.17) is 0 Å². The fraction of sp³-hybridized carbons (Fsp3) is 0.500. The van der Waals surface area contributed by atoms with E-state index in [1.165, 1.54) is 0 Å². The Kier molecular flexibility index (Phi) is 3.64. The lowest BCUT2D eigenvalue weighted by molar-refractivity contribution is -0.136. The van der Waals surface area contributed by atoms with Crippen molar-refractivity contribution in [1.82, 2.24) is 4.90 Å². The van der Waals surface area contributed by atoms with Crippen LogP contribution in [0.3, 0.4) is 0 Å². The SMILES string of the molecule is Cc1cccc(CC(=O)N2CCC(F)(F)CC2)c1. The first kappa shape index (κ1) is 13.0. The van der Waals surface area contributed by atoms with Crippen molar-refractivity contribution in [1.29, 1.82) is 0 Å². The van der Waals surface area contributed by atoms with Crippen LogP contribution in [0.5, 0.6) is 0 Å². The summed E-state index contributed by atoms with van der Waals surface area (Å²) < 4.78 is 26.0. The van der Waals surface area contributed by atoms with Gasteiger partial charge in [0, 0.05) is 25.9 Å². The number of likely N-dealkylation sites (tertiary alicyclic amines) is 1. The highest BCUT2D eigenvalue weighted by atomic mass is 19.3. The molecule has 1 heterocycles. The number of hydrogen-bond donors (Lipinski definition) is 0. The molecule has 1 saturated heterocycles. The van der Waals surface area contributed by atoms with Crippen LogP contribution in [0.25, 0.3) is 0 Å². The molecule has 98 valence electrons. The number of benzene rings is 1. The van der Waals surface area contributed by atoms with Gasteiger partial charge in [-0.15, -0.1) is 0 Å². The van der Waals surface area contributed by atoms with Gasteiger partial charge in [-0.2, -0.15) is 0 Å². The summed E-state index contributed by atoms with van der Waals surface area (Å²) in [5, 5.41) is 0. The Bertz CT molecular complexity index is 435. The number of rotatable bonds is 2. The Morgan fingerprint density at radius 2 is 2.00 bits per heavy atom. The maximum atomic E-state index is 13.0. The van der Waals surface area contributed by atoms with E-state index in [0.717, 1.165) is 11.1 Å². The third kappa shape index (κ3) is 3.28. The third-order valence-electron chi connectivity index (χ3n) is 3.29. The number of halogens is 2. The Hall–Kier alpha value is -1.45. The second kappa shape index (κ2) is 5.04. The average molecular weight is 253 g/mol. The molecule has 0 aromatic heterocycles. The fourth-order valence-electron chi connectivity index (χ4n) is 2.19. The highest BCUT2D eigenvalue weighted by Gasteiger charge is 2.35. The first-order valence-corrected chi connectivity index (χ1v) is 6.17. The molecule has 1 fully saturated rings. The van der Waals surface area contributed by atoms with Crippen molar-refractivity contribution >= 4 is 5.91 Å². The molecule has 0 unspecified atom stereocenters. The van der Waals surface area contributed by atoms with Crippen molar-refractivity contribution in [2.24, 2.45) is 0 Å². The van der Waals surface area contributed by atoms with Crippen molar-refractivity contribution in [3.63, 3.8) is 0 Å². The summed E-state index contributed by atoms with van der Waals surface area (Å²) in [4.78, 5) is 13.5. The maximum Gasteiger partial charge on any atom is 0.251 e. The highest BCUT2D eigenvalue weighted by Crippen LogP contribution is 2.27. The summed E-state index contributed by atoms with van der Waals surface area (Å²) in [6.07, 6.45) is -0.133. The quantitative estimate of drug-likeness (QED) is 0.793. The first-order chi connectivity index (χ1) is 8.46. The summed E-state index contributed by atoms with van der Waals surface area (Å²) >= 11 is 0. The number of amides is 1. The van der Waals surface area contributed by atoms with Gasteiger partial charge in [0.2, 0.25) is 5.91 Å². The summed E-state index contributed by atoms with van der Waals surface area (Å²) in [6, 6.07) is 7.72. The number of carbonyl (C=O) groups excluding carboxylic acids is 1. The standard InChI is InChI=1S/C14H17F2NO/c1-11-3-2-4-12(9-11)10-13(18)17-7-5-14(15,16)6-8-17/h2-4,9H,5-8,10H2,1H3. The van der Waals surface area contributed by atoms with Crippen LogP contribution in [0.4, 0.5) is 8.78 Å². The summed E-state index contributed by atoms with van der Waals surface area (Å²) in [6.45, 7) is 2.30. The van der Waals surface area contributed by atoms with Gasteiger partial charge in [0.05, 0.1) is 6.42 Å². The van der Waals surface area contributed by atoms with Crippen LogP contribution in [0.1, 0.15) is 24.0 Å². The lowest BCUT2D eigenvalue weighted by Gasteiger charge is -2.31. The van der Waals surface area contributed by atoms with Crippen molar-refractivity contribution < 1.29 is 13.6 Å². The van der Waals surface area contributed by atoms with Gasteiger partial charge < -0.3 is 4.90 Å². The van der Waals surface area contributed by atoms with Crippen LogP contribution < -0.4 is 0 Å². The van der Waals surface area contributed by atoms with Gasteiger partial charge in [-0.05, 0) is 12.5 Å². The van der Waals surface area contributed by atoms with Crippen LogP contribution >= 0.6 is 0 Å². The number of alkyl halides is 2. The molecule has 0 atom stereocenters. The Labute approximate surface area is 106 Å². The van der Waals surface area contributed by atoms with Crippen molar-refractivity contribution in [2.75, 3.05) is 13.1 Å². The maximum absolute atomic E-state index is 13.0. The van der Waals surface area contributed by atoms with E-state index in [-0.39, 0.29) is 31.8 Å². The molecular formula is C14H17F2NO. The highest BCUT2D eigenvalue weighted by molar-refractivity contribution is 5.78. The van der Waals surface area contributed by atoms with Gasteiger partial charge >= 0.3 is 0 Å². The van der Waals surface area contributed by atoms with Gasteiger partial charge in [-0.1, -0.05) is 29.8 Å². The summed E-state index contributed by atoms with van der Waals surface area (Å²) in [5.41, 5.74) is 2.04. The molecule has 1 amide bonds. The van der Waals surface area contributed by atoms with E-state index >= 15 is 0 Å². The molecule has 4 heteroatoms. The normalized spacial score (nSPS) is 18.7. The van der Waals surface area contributed by atoms with E-state index in [9.17, 15) is 13.6 Å². The zero-order chi connectivity index (χ0) is 13.2. The van der Waals surface area contributed by atoms with Crippen LogP contribution in [0.2, 0.25) is 0 Å². The van der Waals surface area contributed by atoms with Gasteiger partial charge in [-0.3, -0.25) is 4.79 Å². The smallest absolute Gasteiger partial charge is 0.251 e. The average Bonchev–Trinajstić information content (AvgIpc) is 2.28.